The second-order valence-electron chi connectivity index (χ2n) is 5.23. The van der Waals surface area contributed by atoms with Crippen LogP contribution in [-0.4, -0.2) is 0 Å². The molecule has 0 atom stereocenters. The molecule has 1 nitrogen and oxygen atoms in total. The van der Waals surface area contributed by atoms with E-state index in [-0.39, 0.29) is 0 Å². The minimum atomic E-state index is 1.33. The van der Waals surface area contributed by atoms with Crippen LogP contribution in [0.5, 0.6) is 0 Å². The Morgan fingerprint density at radius 3 is 2.63 bits per heavy atom. The fourth-order valence-corrected chi connectivity index (χ4v) is 3.66. The van der Waals surface area contributed by atoms with Gasteiger partial charge in [-0.05, 0) is 49.4 Å². The first-order valence-electron chi connectivity index (χ1n) is 6.52. The third-order valence-electron chi connectivity index (χ3n) is 3.81. The van der Waals surface area contributed by atoms with Crippen molar-refractivity contribution in [2.45, 2.75) is 20.8 Å². The molecule has 0 aliphatic rings. The molecule has 2 aromatic heterocycles. The van der Waals surface area contributed by atoms with Crippen LogP contribution in [0.1, 0.15) is 16.7 Å². The van der Waals surface area contributed by atoms with Crippen molar-refractivity contribution in [2.75, 3.05) is 0 Å². The molecule has 2 heteroatoms. The van der Waals surface area contributed by atoms with Gasteiger partial charge in [-0.2, -0.15) is 4.57 Å². The Morgan fingerprint density at radius 2 is 1.84 bits per heavy atom. The summed E-state index contributed by atoms with van der Waals surface area (Å²) < 4.78 is 3.61. The van der Waals surface area contributed by atoms with Crippen molar-refractivity contribution < 1.29 is 4.57 Å². The van der Waals surface area contributed by atoms with Crippen molar-refractivity contribution >= 4 is 21.4 Å². The number of benzene rings is 1. The molecular formula is C17H18NS+. The van der Waals surface area contributed by atoms with Crippen LogP contribution in [0.2, 0.25) is 0 Å². The van der Waals surface area contributed by atoms with Gasteiger partial charge in [-0.25, -0.2) is 0 Å². The van der Waals surface area contributed by atoms with E-state index in [0.29, 0.717) is 0 Å². The molecule has 0 amide bonds. The summed E-state index contributed by atoms with van der Waals surface area (Å²) in [5.74, 6) is 0. The van der Waals surface area contributed by atoms with Crippen LogP contribution in [0.25, 0.3) is 21.3 Å². The van der Waals surface area contributed by atoms with Crippen LogP contribution < -0.4 is 4.57 Å². The number of aromatic nitrogens is 1. The van der Waals surface area contributed by atoms with E-state index in [9.17, 15) is 0 Å². The molecule has 2 heterocycles. The van der Waals surface area contributed by atoms with E-state index in [4.69, 9.17) is 0 Å². The number of hydrogen-bond acceptors (Lipinski definition) is 1. The standard InChI is InChI=1S/C17H18NS/c1-11-9-12(2)13(3)15(10-11)16-17-14(6-8-19-17)5-7-18(16)4/h5-10H,1-4H3/q+1. The molecule has 1 aromatic carbocycles. The van der Waals surface area contributed by atoms with Gasteiger partial charge in [-0.3, -0.25) is 0 Å². The average molecular weight is 268 g/mol. The van der Waals surface area contributed by atoms with Crippen LogP contribution in [-0.2, 0) is 7.05 Å². The second-order valence-corrected chi connectivity index (χ2v) is 6.15. The van der Waals surface area contributed by atoms with E-state index in [1.54, 1.807) is 0 Å². The zero-order valence-corrected chi connectivity index (χ0v) is 12.6. The maximum atomic E-state index is 2.30. The fourth-order valence-electron chi connectivity index (χ4n) is 2.67. The molecule has 3 aromatic rings. The van der Waals surface area contributed by atoms with Gasteiger partial charge in [-0.15, -0.1) is 11.3 Å². The summed E-state index contributed by atoms with van der Waals surface area (Å²) in [7, 11) is 2.13. The molecule has 0 N–H and O–H groups in total. The largest absolute Gasteiger partial charge is 0.230 e. The number of rotatable bonds is 1. The molecule has 0 spiro atoms. The molecule has 0 unspecified atom stereocenters. The molecule has 0 radical (unpaired) electrons. The van der Waals surface area contributed by atoms with Crippen LogP contribution in [0, 0.1) is 20.8 Å². The quantitative estimate of drug-likeness (QED) is 0.579. The molecule has 96 valence electrons. The number of fused-ring (bicyclic) bond motifs is 1. The van der Waals surface area contributed by atoms with Gasteiger partial charge in [0.2, 0.25) is 5.69 Å². The molecule has 0 aliphatic carbocycles. The summed E-state index contributed by atoms with van der Waals surface area (Å²) in [4.78, 5) is 0. The fraction of sp³-hybridized carbons (Fsp3) is 0.235. The van der Waals surface area contributed by atoms with Crippen molar-refractivity contribution in [3.63, 3.8) is 0 Å². The Kier molecular flexibility index (Phi) is 2.90. The summed E-state index contributed by atoms with van der Waals surface area (Å²) in [5.41, 5.74) is 6.75. The third-order valence-corrected chi connectivity index (χ3v) is 4.74. The molecule has 0 saturated heterocycles. The smallest absolute Gasteiger partial charge is 0.200 e. The predicted octanol–water partition coefficient (Wildman–Crippen LogP) is 4.32. The topological polar surface area (TPSA) is 3.88 Å². The highest BCUT2D eigenvalue weighted by atomic mass is 32.1. The Hall–Kier alpha value is -1.67. The number of hydrogen-bond donors (Lipinski definition) is 0. The highest BCUT2D eigenvalue weighted by Gasteiger charge is 2.18. The Bertz CT molecular complexity index is 768. The van der Waals surface area contributed by atoms with Crippen LogP contribution in [0.3, 0.4) is 0 Å². The van der Waals surface area contributed by atoms with Crippen molar-refractivity contribution in [1.29, 1.82) is 0 Å². The second kappa shape index (κ2) is 4.46. The van der Waals surface area contributed by atoms with E-state index in [1.807, 2.05) is 11.3 Å². The Morgan fingerprint density at radius 1 is 1.05 bits per heavy atom. The Balaban J connectivity index is 2.42. The van der Waals surface area contributed by atoms with Gasteiger partial charge < -0.3 is 0 Å². The first-order chi connectivity index (χ1) is 9.08. The highest BCUT2D eigenvalue weighted by molar-refractivity contribution is 7.17. The first kappa shape index (κ1) is 12.4. The molecule has 0 aliphatic heterocycles. The lowest BCUT2D eigenvalue weighted by Crippen LogP contribution is -2.30. The summed E-state index contributed by atoms with van der Waals surface area (Å²) in [6.07, 6.45) is 2.15. The molecule has 0 fully saturated rings. The first-order valence-corrected chi connectivity index (χ1v) is 7.40. The predicted molar refractivity (Wildman–Crippen MR) is 82.6 cm³/mol. The van der Waals surface area contributed by atoms with Crippen LogP contribution in [0.4, 0.5) is 0 Å². The maximum Gasteiger partial charge on any atom is 0.230 e. The normalized spacial score (nSPS) is 11.2. The highest BCUT2D eigenvalue weighted by Crippen LogP contribution is 2.32. The van der Waals surface area contributed by atoms with Gasteiger partial charge in [0.1, 0.15) is 11.7 Å². The zero-order chi connectivity index (χ0) is 13.6. The monoisotopic (exact) mass is 268 g/mol. The minimum Gasteiger partial charge on any atom is -0.200 e. The summed E-state index contributed by atoms with van der Waals surface area (Å²) in [5, 5.41) is 3.50. The number of nitrogens with zero attached hydrogens (tertiary/aromatic N) is 1. The van der Waals surface area contributed by atoms with E-state index >= 15 is 0 Å². The van der Waals surface area contributed by atoms with Crippen molar-refractivity contribution in [3.05, 3.63) is 52.5 Å². The van der Waals surface area contributed by atoms with E-state index in [2.05, 4.69) is 68.2 Å². The summed E-state index contributed by atoms with van der Waals surface area (Å²) in [6.45, 7) is 6.58. The number of pyridine rings is 1. The lowest BCUT2D eigenvalue weighted by molar-refractivity contribution is -0.659. The number of thiophene rings is 1. The van der Waals surface area contributed by atoms with Crippen LogP contribution in [0.15, 0.2) is 35.8 Å². The van der Waals surface area contributed by atoms with Gasteiger partial charge in [0.05, 0.1) is 5.56 Å². The van der Waals surface area contributed by atoms with E-state index in [0.717, 1.165) is 0 Å². The van der Waals surface area contributed by atoms with Gasteiger partial charge >= 0.3 is 0 Å². The summed E-state index contributed by atoms with van der Waals surface area (Å²) >= 11 is 1.82. The van der Waals surface area contributed by atoms with Gasteiger partial charge in [0.25, 0.3) is 0 Å². The molecule has 3 rings (SSSR count). The molecule has 0 saturated carbocycles. The maximum absolute atomic E-state index is 2.30. The van der Waals surface area contributed by atoms with E-state index in [1.165, 1.54) is 38.0 Å². The molecule has 0 bridgehead atoms. The molecule has 19 heavy (non-hydrogen) atoms. The average Bonchev–Trinajstić information content (AvgIpc) is 2.82. The van der Waals surface area contributed by atoms with Crippen molar-refractivity contribution in [1.82, 2.24) is 0 Å². The summed E-state index contributed by atoms with van der Waals surface area (Å²) in [6, 6.07) is 8.94. The number of aryl methyl sites for hydroxylation is 3. The van der Waals surface area contributed by atoms with E-state index < -0.39 is 0 Å². The van der Waals surface area contributed by atoms with Crippen LogP contribution >= 0.6 is 11.3 Å². The lowest BCUT2D eigenvalue weighted by atomic mass is 9.97. The molecular weight excluding hydrogens is 250 g/mol. The third kappa shape index (κ3) is 1.96. The zero-order valence-electron chi connectivity index (χ0n) is 11.8. The van der Waals surface area contributed by atoms with Gasteiger partial charge in [0.15, 0.2) is 6.20 Å². The lowest BCUT2D eigenvalue weighted by Gasteiger charge is -2.09. The van der Waals surface area contributed by atoms with Gasteiger partial charge in [-0.1, -0.05) is 11.6 Å². The van der Waals surface area contributed by atoms with Crippen molar-refractivity contribution in [2.24, 2.45) is 7.05 Å². The minimum absolute atomic E-state index is 1.33. The SMILES string of the molecule is Cc1cc(C)c(C)c(-c2c3sccc3cc[n+]2C)c1. The van der Waals surface area contributed by atoms with Gasteiger partial charge in [0, 0.05) is 11.5 Å². The van der Waals surface area contributed by atoms with Crippen molar-refractivity contribution in [3.8, 4) is 11.3 Å². The Labute approximate surface area is 118 Å².